The first kappa shape index (κ1) is 13.6. The minimum Gasteiger partial charge on any atom is -0.355 e. The van der Waals surface area contributed by atoms with Crippen LogP contribution in [0.25, 0.3) is 0 Å². The van der Waals surface area contributed by atoms with Gasteiger partial charge in [0, 0.05) is 32.4 Å². The normalized spacial score (nSPS) is 17.2. The number of rotatable bonds is 1. The molecule has 104 valence electrons. The third kappa shape index (κ3) is 3.33. The molecule has 0 aliphatic carbocycles. The van der Waals surface area contributed by atoms with Crippen LogP contribution in [0, 0.1) is 0 Å². The van der Waals surface area contributed by atoms with Gasteiger partial charge < -0.3 is 9.80 Å². The lowest BCUT2D eigenvalue weighted by molar-refractivity contribution is -0.185. The highest BCUT2D eigenvalue weighted by atomic mass is 19.4. The molecule has 0 N–H and O–H groups in total. The van der Waals surface area contributed by atoms with Gasteiger partial charge in [0.2, 0.25) is 0 Å². The Balaban J connectivity index is 2.01. The van der Waals surface area contributed by atoms with Gasteiger partial charge in [0.25, 0.3) is 0 Å². The molecule has 1 aliphatic rings. The van der Waals surface area contributed by atoms with Gasteiger partial charge in [-0.05, 0) is 12.5 Å². The molecule has 0 radical (unpaired) electrons. The number of anilines is 1. The Kier molecular flexibility index (Phi) is 3.87. The Morgan fingerprint density at radius 3 is 2.63 bits per heavy atom. The molecule has 0 spiro atoms. The van der Waals surface area contributed by atoms with E-state index in [4.69, 9.17) is 0 Å². The van der Waals surface area contributed by atoms with Crippen molar-refractivity contribution in [3.8, 4) is 0 Å². The molecule has 2 rings (SSSR count). The van der Waals surface area contributed by atoms with Crippen LogP contribution in [0.2, 0.25) is 0 Å². The predicted octanol–water partition coefficient (Wildman–Crippen LogP) is 1.08. The molecule has 1 amide bonds. The van der Waals surface area contributed by atoms with E-state index >= 15 is 0 Å². The third-order valence-electron chi connectivity index (χ3n) is 2.92. The summed E-state index contributed by atoms with van der Waals surface area (Å²) < 4.78 is 37.1. The molecule has 0 aromatic carbocycles. The van der Waals surface area contributed by atoms with E-state index < -0.39 is 12.1 Å². The quantitative estimate of drug-likeness (QED) is 0.769. The van der Waals surface area contributed by atoms with Crippen molar-refractivity contribution in [2.75, 3.05) is 31.1 Å². The summed E-state index contributed by atoms with van der Waals surface area (Å²) in [5, 5.41) is 0. The van der Waals surface area contributed by atoms with Gasteiger partial charge in [0.05, 0.1) is 0 Å². The molecule has 5 nitrogen and oxygen atoms in total. The summed E-state index contributed by atoms with van der Waals surface area (Å²) >= 11 is 0. The zero-order chi connectivity index (χ0) is 13.9. The fraction of sp³-hybridized carbons (Fsp3) is 0.545. The summed E-state index contributed by atoms with van der Waals surface area (Å²) in [6.07, 6.45) is -1.36. The van der Waals surface area contributed by atoms with E-state index in [9.17, 15) is 18.0 Å². The van der Waals surface area contributed by atoms with E-state index in [1.54, 1.807) is 12.3 Å². The van der Waals surface area contributed by atoms with E-state index in [1.807, 2.05) is 4.90 Å². The number of aromatic nitrogens is 2. The van der Waals surface area contributed by atoms with Gasteiger partial charge in [-0.3, -0.25) is 4.79 Å². The van der Waals surface area contributed by atoms with E-state index in [0.29, 0.717) is 25.3 Å². The van der Waals surface area contributed by atoms with Gasteiger partial charge in [-0.15, -0.1) is 0 Å². The van der Waals surface area contributed by atoms with Crippen LogP contribution in [0.4, 0.5) is 19.0 Å². The molecular formula is C11H13F3N4O. The number of alkyl halides is 3. The summed E-state index contributed by atoms with van der Waals surface area (Å²) in [5.74, 6) is -1.10. The highest BCUT2D eigenvalue weighted by molar-refractivity contribution is 5.81. The average Bonchev–Trinajstić information content (AvgIpc) is 2.63. The fourth-order valence-electron chi connectivity index (χ4n) is 2.00. The predicted molar refractivity (Wildman–Crippen MR) is 61.5 cm³/mol. The lowest BCUT2D eigenvalue weighted by Crippen LogP contribution is -2.43. The van der Waals surface area contributed by atoms with E-state index in [1.165, 1.54) is 6.33 Å². The van der Waals surface area contributed by atoms with Crippen LogP contribution in [0.3, 0.4) is 0 Å². The monoisotopic (exact) mass is 274 g/mol. The van der Waals surface area contributed by atoms with Crippen molar-refractivity contribution < 1.29 is 18.0 Å². The van der Waals surface area contributed by atoms with Crippen LogP contribution in [0.5, 0.6) is 0 Å². The fourth-order valence-corrected chi connectivity index (χ4v) is 2.00. The molecule has 0 saturated carbocycles. The second-order valence-electron chi connectivity index (χ2n) is 4.20. The van der Waals surface area contributed by atoms with Crippen LogP contribution < -0.4 is 4.90 Å². The van der Waals surface area contributed by atoms with Crippen molar-refractivity contribution in [2.45, 2.75) is 12.6 Å². The second kappa shape index (κ2) is 5.41. The van der Waals surface area contributed by atoms with Crippen molar-refractivity contribution in [1.29, 1.82) is 0 Å². The number of nitrogens with zero attached hydrogens (tertiary/aromatic N) is 4. The number of amides is 1. The van der Waals surface area contributed by atoms with Crippen LogP contribution in [0.1, 0.15) is 6.42 Å². The van der Waals surface area contributed by atoms with Gasteiger partial charge in [0.1, 0.15) is 12.1 Å². The van der Waals surface area contributed by atoms with Gasteiger partial charge in [0.15, 0.2) is 0 Å². The van der Waals surface area contributed by atoms with Crippen molar-refractivity contribution in [3.05, 3.63) is 18.6 Å². The van der Waals surface area contributed by atoms with Crippen molar-refractivity contribution in [3.63, 3.8) is 0 Å². The largest absolute Gasteiger partial charge is 0.471 e. The SMILES string of the molecule is O=C(N1CCCN(c2ccncn2)CC1)C(F)(F)F. The van der Waals surface area contributed by atoms with E-state index in [0.717, 1.165) is 4.90 Å². The first-order valence-electron chi connectivity index (χ1n) is 5.85. The van der Waals surface area contributed by atoms with Crippen molar-refractivity contribution in [1.82, 2.24) is 14.9 Å². The lowest BCUT2D eigenvalue weighted by atomic mass is 10.3. The second-order valence-corrected chi connectivity index (χ2v) is 4.20. The van der Waals surface area contributed by atoms with Gasteiger partial charge >= 0.3 is 12.1 Å². The van der Waals surface area contributed by atoms with Crippen molar-refractivity contribution >= 4 is 11.7 Å². The number of hydrogen-bond donors (Lipinski definition) is 0. The molecule has 2 heterocycles. The molecule has 8 heteroatoms. The Morgan fingerprint density at radius 1 is 1.21 bits per heavy atom. The van der Waals surface area contributed by atoms with Crippen LogP contribution in [-0.2, 0) is 4.79 Å². The third-order valence-corrected chi connectivity index (χ3v) is 2.92. The Labute approximate surface area is 108 Å². The first-order chi connectivity index (χ1) is 8.98. The summed E-state index contributed by atoms with van der Waals surface area (Å²) in [6, 6.07) is 1.70. The average molecular weight is 274 g/mol. The van der Waals surface area contributed by atoms with Gasteiger partial charge in [-0.2, -0.15) is 13.2 Å². The summed E-state index contributed by atoms with van der Waals surface area (Å²) in [4.78, 5) is 21.7. The molecule has 0 unspecified atom stereocenters. The Morgan fingerprint density at radius 2 is 2.00 bits per heavy atom. The topological polar surface area (TPSA) is 49.3 Å². The lowest BCUT2D eigenvalue weighted by Gasteiger charge is -2.23. The minimum absolute atomic E-state index is 0.0440. The molecule has 1 fully saturated rings. The molecule has 1 aromatic heterocycles. The van der Waals surface area contributed by atoms with E-state index in [2.05, 4.69) is 9.97 Å². The minimum atomic E-state index is -4.80. The maximum absolute atomic E-state index is 12.4. The number of carbonyl (C=O) groups excluding carboxylic acids is 1. The zero-order valence-electron chi connectivity index (χ0n) is 10.1. The molecule has 1 aromatic rings. The van der Waals surface area contributed by atoms with E-state index in [-0.39, 0.29) is 13.1 Å². The standard InChI is InChI=1S/C11H13F3N4O/c12-11(13,14)10(19)18-5-1-4-17(6-7-18)9-2-3-15-8-16-9/h2-3,8H,1,4-7H2. The first-order valence-corrected chi connectivity index (χ1v) is 5.85. The number of hydrogen-bond acceptors (Lipinski definition) is 4. The molecule has 0 atom stereocenters. The molecular weight excluding hydrogens is 261 g/mol. The number of carbonyl (C=O) groups is 1. The summed E-state index contributed by atoms with van der Waals surface area (Å²) in [7, 11) is 0. The van der Waals surface area contributed by atoms with Crippen molar-refractivity contribution in [2.24, 2.45) is 0 Å². The van der Waals surface area contributed by atoms with Gasteiger partial charge in [-0.1, -0.05) is 0 Å². The Hall–Kier alpha value is -1.86. The Bertz CT molecular complexity index is 437. The highest BCUT2D eigenvalue weighted by Gasteiger charge is 2.42. The smallest absolute Gasteiger partial charge is 0.355 e. The van der Waals surface area contributed by atoms with Gasteiger partial charge in [-0.25, -0.2) is 9.97 Å². The van der Waals surface area contributed by atoms with Crippen LogP contribution in [-0.4, -0.2) is 53.1 Å². The summed E-state index contributed by atoms with van der Waals surface area (Å²) in [5.41, 5.74) is 0. The zero-order valence-corrected chi connectivity index (χ0v) is 10.1. The molecule has 0 bridgehead atoms. The molecule has 1 aliphatic heterocycles. The number of halogens is 3. The van der Waals surface area contributed by atoms with Crippen LogP contribution >= 0.6 is 0 Å². The molecule has 1 saturated heterocycles. The maximum Gasteiger partial charge on any atom is 0.471 e. The molecule has 19 heavy (non-hydrogen) atoms. The summed E-state index contributed by atoms with van der Waals surface area (Å²) in [6.45, 7) is 1.06. The van der Waals surface area contributed by atoms with Crippen LogP contribution in [0.15, 0.2) is 18.6 Å². The highest BCUT2D eigenvalue weighted by Crippen LogP contribution is 2.20. The maximum atomic E-state index is 12.4.